The molecule has 1 aliphatic heterocycles. The molecule has 0 amide bonds. The first kappa shape index (κ1) is 20.5. The van der Waals surface area contributed by atoms with Gasteiger partial charge in [-0.15, -0.1) is 24.0 Å². The number of hydrogen-bond donors (Lipinski definition) is 1. The molecular formula is C17H32IN3O2. The van der Waals surface area contributed by atoms with Crippen molar-refractivity contribution in [3.63, 3.8) is 0 Å². The molecule has 0 radical (unpaired) electrons. The molecule has 23 heavy (non-hydrogen) atoms. The fourth-order valence-corrected chi connectivity index (χ4v) is 3.68. The van der Waals surface area contributed by atoms with Crippen LogP contribution in [0.5, 0.6) is 0 Å². The number of nitrogens with zero attached hydrogens (tertiary/aromatic N) is 2. The molecule has 2 rings (SSSR count). The first-order valence-corrected chi connectivity index (χ1v) is 8.60. The van der Waals surface area contributed by atoms with Gasteiger partial charge >= 0.3 is 5.97 Å². The third-order valence-electron chi connectivity index (χ3n) is 5.17. The van der Waals surface area contributed by atoms with Gasteiger partial charge in [-0.2, -0.15) is 0 Å². The van der Waals surface area contributed by atoms with Gasteiger partial charge < -0.3 is 15.0 Å². The van der Waals surface area contributed by atoms with Crippen molar-refractivity contribution < 1.29 is 9.53 Å². The van der Waals surface area contributed by atoms with Crippen molar-refractivity contribution in [1.82, 2.24) is 10.2 Å². The number of nitrogens with one attached hydrogen (secondary N) is 1. The summed E-state index contributed by atoms with van der Waals surface area (Å²) in [6, 6.07) is 0. The van der Waals surface area contributed by atoms with E-state index in [1.807, 2.05) is 0 Å². The van der Waals surface area contributed by atoms with Gasteiger partial charge in [-0.1, -0.05) is 26.7 Å². The van der Waals surface area contributed by atoms with Crippen molar-refractivity contribution in [2.45, 2.75) is 46.5 Å². The van der Waals surface area contributed by atoms with E-state index in [0.29, 0.717) is 17.9 Å². The molecule has 6 heteroatoms. The number of hydrogen-bond acceptors (Lipinski definition) is 3. The SMILES string of the molecule is CCNC(=NCC1(C)CCCC1)N1CC(C)C(C(=O)OC)C1.I. The molecule has 0 aromatic heterocycles. The molecule has 0 spiro atoms. The predicted molar refractivity (Wildman–Crippen MR) is 104 cm³/mol. The number of ether oxygens (including phenoxy) is 1. The van der Waals surface area contributed by atoms with Gasteiger partial charge in [0.25, 0.3) is 0 Å². The smallest absolute Gasteiger partial charge is 0.310 e. The Morgan fingerprint density at radius 2 is 2.00 bits per heavy atom. The molecule has 0 bridgehead atoms. The van der Waals surface area contributed by atoms with Gasteiger partial charge in [0.15, 0.2) is 5.96 Å². The molecule has 2 unspecified atom stereocenters. The minimum Gasteiger partial charge on any atom is -0.469 e. The third kappa shape index (κ3) is 5.22. The molecular weight excluding hydrogens is 405 g/mol. The van der Waals surface area contributed by atoms with E-state index in [9.17, 15) is 4.79 Å². The second kappa shape index (κ2) is 9.08. The van der Waals surface area contributed by atoms with E-state index >= 15 is 0 Å². The minimum absolute atomic E-state index is 0. The van der Waals surface area contributed by atoms with E-state index in [4.69, 9.17) is 9.73 Å². The highest BCUT2D eigenvalue weighted by molar-refractivity contribution is 14.0. The maximum absolute atomic E-state index is 11.9. The van der Waals surface area contributed by atoms with Crippen molar-refractivity contribution in [2.75, 3.05) is 33.3 Å². The van der Waals surface area contributed by atoms with Crippen LogP contribution < -0.4 is 5.32 Å². The van der Waals surface area contributed by atoms with Crippen LogP contribution in [0.1, 0.15) is 46.5 Å². The molecule has 0 aromatic carbocycles. The molecule has 1 heterocycles. The van der Waals surface area contributed by atoms with Gasteiger partial charge in [0.05, 0.1) is 13.0 Å². The van der Waals surface area contributed by atoms with Crippen LogP contribution in [-0.4, -0.2) is 50.1 Å². The molecule has 5 nitrogen and oxygen atoms in total. The Hall–Kier alpha value is -0.530. The summed E-state index contributed by atoms with van der Waals surface area (Å²) in [5.41, 5.74) is 0.355. The van der Waals surface area contributed by atoms with Gasteiger partial charge in [-0.05, 0) is 31.1 Å². The van der Waals surface area contributed by atoms with Gasteiger partial charge in [0, 0.05) is 26.2 Å². The van der Waals surface area contributed by atoms with Crippen LogP contribution in [0.25, 0.3) is 0 Å². The molecule has 2 aliphatic rings. The van der Waals surface area contributed by atoms with Crippen molar-refractivity contribution >= 4 is 35.9 Å². The maximum Gasteiger partial charge on any atom is 0.310 e. The minimum atomic E-state index is -0.103. The summed E-state index contributed by atoms with van der Waals surface area (Å²) in [4.78, 5) is 19.0. The lowest BCUT2D eigenvalue weighted by atomic mass is 9.89. The average molecular weight is 437 g/mol. The van der Waals surface area contributed by atoms with Gasteiger partial charge in [-0.25, -0.2) is 0 Å². The zero-order valence-electron chi connectivity index (χ0n) is 14.9. The van der Waals surface area contributed by atoms with E-state index < -0.39 is 0 Å². The lowest BCUT2D eigenvalue weighted by Crippen LogP contribution is -2.41. The Labute approximate surface area is 157 Å². The zero-order valence-corrected chi connectivity index (χ0v) is 17.3. The Kier molecular flexibility index (Phi) is 8.10. The van der Waals surface area contributed by atoms with Crippen molar-refractivity contribution in [3.05, 3.63) is 0 Å². The van der Waals surface area contributed by atoms with E-state index in [1.165, 1.54) is 32.8 Å². The summed E-state index contributed by atoms with van der Waals surface area (Å²) in [5.74, 6) is 1.11. The Morgan fingerprint density at radius 3 is 2.57 bits per heavy atom. The number of rotatable bonds is 4. The highest BCUT2D eigenvalue weighted by atomic mass is 127. The summed E-state index contributed by atoms with van der Waals surface area (Å²) in [6.07, 6.45) is 5.20. The average Bonchev–Trinajstić information content (AvgIpc) is 3.09. The summed E-state index contributed by atoms with van der Waals surface area (Å²) in [7, 11) is 1.47. The second-order valence-corrected chi connectivity index (χ2v) is 7.20. The van der Waals surface area contributed by atoms with Crippen LogP contribution >= 0.6 is 24.0 Å². The fourth-order valence-electron chi connectivity index (χ4n) is 3.68. The fraction of sp³-hybridized carbons (Fsp3) is 0.882. The number of methoxy groups -OCH3 is 1. The largest absolute Gasteiger partial charge is 0.469 e. The Balaban J connectivity index is 0.00000264. The van der Waals surface area contributed by atoms with E-state index in [0.717, 1.165) is 25.6 Å². The normalized spacial score (nSPS) is 26.8. The van der Waals surface area contributed by atoms with Crippen molar-refractivity contribution in [2.24, 2.45) is 22.2 Å². The van der Waals surface area contributed by atoms with Crippen LogP contribution in [0.15, 0.2) is 4.99 Å². The van der Waals surface area contributed by atoms with Gasteiger partial charge in [-0.3, -0.25) is 9.79 Å². The molecule has 1 N–H and O–H groups in total. The Bertz CT molecular complexity index is 422. The Morgan fingerprint density at radius 1 is 1.35 bits per heavy atom. The van der Waals surface area contributed by atoms with Crippen molar-refractivity contribution in [3.8, 4) is 0 Å². The number of carbonyl (C=O) groups excluding carboxylic acids is 1. The maximum atomic E-state index is 11.9. The van der Waals surface area contributed by atoms with Crippen molar-refractivity contribution in [1.29, 1.82) is 0 Å². The number of aliphatic imine (C=N–C) groups is 1. The number of esters is 1. The van der Waals surface area contributed by atoms with Crippen LogP contribution in [0, 0.1) is 17.3 Å². The van der Waals surface area contributed by atoms with E-state index in [2.05, 4.69) is 31.0 Å². The topological polar surface area (TPSA) is 53.9 Å². The summed E-state index contributed by atoms with van der Waals surface area (Å²) in [5, 5.41) is 3.39. The molecule has 1 saturated carbocycles. The first-order chi connectivity index (χ1) is 10.5. The second-order valence-electron chi connectivity index (χ2n) is 7.20. The van der Waals surface area contributed by atoms with E-state index in [-0.39, 0.29) is 35.9 Å². The quantitative estimate of drug-likeness (QED) is 0.318. The summed E-state index contributed by atoms with van der Waals surface area (Å²) in [6.45, 7) is 9.84. The summed E-state index contributed by atoms with van der Waals surface area (Å²) < 4.78 is 4.92. The van der Waals surface area contributed by atoms with Crippen LogP contribution in [0.4, 0.5) is 0 Å². The number of likely N-dealkylation sites (tertiary alicyclic amines) is 1. The van der Waals surface area contributed by atoms with Crippen LogP contribution in [0.3, 0.4) is 0 Å². The molecule has 1 aliphatic carbocycles. The predicted octanol–water partition coefficient (Wildman–Crippen LogP) is 2.89. The molecule has 0 aromatic rings. The monoisotopic (exact) mass is 437 g/mol. The lowest BCUT2D eigenvalue weighted by molar-refractivity contribution is -0.145. The van der Waals surface area contributed by atoms with Crippen LogP contribution in [-0.2, 0) is 9.53 Å². The molecule has 2 atom stereocenters. The van der Waals surface area contributed by atoms with Gasteiger partial charge in [0.1, 0.15) is 0 Å². The molecule has 1 saturated heterocycles. The lowest BCUT2D eigenvalue weighted by Gasteiger charge is -2.25. The molecule has 2 fully saturated rings. The number of carbonyl (C=O) groups is 1. The number of guanidine groups is 1. The highest BCUT2D eigenvalue weighted by Gasteiger charge is 2.37. The molecule has 134 valence electrons. The highest BCUT2D eigenvalue weighted by Crippen LogP contribution is 2.37. The first-order valence-electron chi connectivity index (χ1n) is 8.60. The standard InChI is InChI=1S/C17H31N3O2.HI/c1-5-18-16(19-12-17(3)8-6-7-9-17)20-10-13(2)14(11-20)15(21)22-4;/h13-14H,5-12H2,1-4H3,(H,18,19);1H. The van der Waals surface area contributed by atoms with Gasteiger partial charge in [0.2, 0.25) is 0 Å². The third-order valence-corrected chi connectivity index (χ3v) is 5.17. The number of halogens is 1. The van der Waals surface area contributed by atoms with Crippen LogP contribution in [0.2, 0.25) is 0 Å². The van der Waals surface area contributed by atoms with E-state index in [1.54, 1.807) is 0 Å². The summed E-state index contributed by atoms with van der Waals surface area (Å²) >= 11 is 0. The zero-order chi connectivity index (χ0) is 16.2.